The highest BCUT2D eigenvalue weighted by atomic mass is 35.5. The van der Waals surface area contributed by atoms with Crippen LogP contribution in [0.15, 0.2) is 78.9 Å². The molecule has 41 heavy (non-hydrogen) atoms. The second-order valence-corrected chi connectivity index (χ2v) is 12.0. The molecular formula is C31H38ClN3O5S. The first kappa shape index (κ1) is 32.0. The van der Waals surface area contributed by atoms with Crippen LogP contribution in [-0.2, 0) is 32.6 Å². The Bertz CT molecular complexity index is 1380. The zero-order valence-electron chi connectivity index (χ0n) is 23.8. The summed E-state index contributed by atoms with van der Waals surface area (Å²) in [4.78, 5) is 28.7. The highest BCUT2D eigenvalue weighted by molar-refractivity contribution is 7.92. The minimum atomic E-state index is -3.60. The van der Waals surface area contributed by atoms with E-state index in [4.69, 9.17) is 16.3 Å². The Kier molecular flexibility index (Phi) is 12.0. The summed E-state index contributed by atoms with van der Waals surface area (Å²) < 4.78 is 32.0. The lowest BCUT2D eigenvalue weighted by molar-refractivity contribution is -0.141. The summed E-state index contributed by atoms with van der Waals surface area (Å²) in [5.41, 5.74) is 2.20. The lowest BCUT2D eigenvalue weighted by atomic mass is 10.0. The monoisotopic (exact) mass is 599 g/mol. The summed E-state index contributed by atoms with van der Waals surface area (Å²) in [7, 11) is -3.60. The Hall–Kier alpha value is -3.56. The number of benzene rings is 3. The molecule has 0 spiro atoms. The van der Waals surface area contributed by atoms with Crippen molar-refractivity contribution in [1.82, 2.24) is 10.2 Å². The molecule has 10 heteroatoms. The molecule has 3 aromatic rings. The molecule has 2 amide bonds. The maximum absolute atomic E-state index is 13.8. The van der Waals surface area contributed by atoms with Gasteiger partial charge in [-0.3, -0.25) is 13.9 Å². The van der Waals surface area contributed by atoms with Gasteiger partial charge in [-0.25, -0.2) is 8.42 Å². The number of carbonyl (C=O) groups excluding carboxylic acids is 2. The van der Waals surface area contributed by atoms with Crippen molar-refractivity contribution in [1.29, 1.82) is 0 Å². The average Bonchev–Trinajstić information content (AvgIpc) is 2.94. The van der Waals surface area contributed by atoms with Crippen LogP contribution in [0, 0.1) is 0 Å². The van der Waals surface area contributed by atoms with Crippen LogP contribution in [0.4, 0.5) is 5.69 Å². The first-order valence-corrected chi connectivity index (χ1v) is 15.9. The maximum atomic E-state index is 13.8. The lowest BCUT2D eigenvalue weighted by Gasteiger charge is -2.32. The average molecular weight is 600 g/mol. The van der Waals surface area contributed by atoms with E-state index in [0.717, 1.165) is 17.4 Å². The number of sulfonamides is 1. The van der Waals surface area contributed by atoms with Crippen molar-refractivity contribution in [2.75, 3.05) is 30.3 Å². The first-order chi connectivity index (χ1) is 19.6. The van der Waals surface area contributed by atoms with Crippen LogP contribution in [0.1, 0.15) is 37.8 Å². The predicted molar refractivity (Wildman–Crippen MR) is 164 cm³/mol. The highest BCUT2D eigenvalue weighted by Gasteiger charge is 2.30. The van der Waals surface area contributed by atoms with E-state index >= 15 is 0 Å². The van der Waals surface area contributed by atoms with Gasteiger partial charge in [0.25, 0.3) is 0 Å². The molecule has 0 aromatic heterocycles. The van der Waals surface area contributed by atoms with E-state index < -0.39 is 16.1 Å². The number of hydrogen-bond acceptors (Lipinski definition) is 5. The van der Waals surface area contributed by atoms with E-state index in [1.54, 1.807) is 47.4 Å². The fraction of sp³-hybridized carbons (Fsp3) is 0.355. The standard InChI is InChI=1S/C31H38ClN3O5S/c1-4-33-31(37)29(22-24-11-7-6-8-12-24)34(23-25-13-9-14-26(32)21-25)30(36)15-10-20-35(41(3,38)39)27-16-18-28(19-17-27)40-5-2/h6-9,11-14,16-19,21,29H,4-5,10,15,20,22-23H2,1-3H3,(H,33,37)/t29-/m1/s1. The van der Waals surface area contributed by atoms with Crippen LogP contribution >= 0.6 is 11.6 Å². The summed E-state index contributed by atoms with van der Waals surface area (Å²) in [6.45, 7) is 4.93. The van der Waals surface area contributed by atoms with Gasteiger partial charge < -0.3 is 15.0 Å². The largest absolute Gasteiger partial charge is 0.494 e. The zero-order chi connectivity index (χ0) is 29.8. The molecule has 0 aliphatic rings. The Morgan fingerprint density at radius 3 is 2.24 bits per heavy atom. The summed E-state index contributed by atoms with van der Waals surface area (Å²) >= 11 is 6.22. The maximum Gasteiger partial charge on any atom is 0.243 e. The third kappa shape index (κ3) is 9.79. The number of nitrogens with one attached hydrogen (secondary N) is 1. The van der Waals surface area contributed by atoms with Crippen molar-refractivity contribution in [3.8, 4) is 5.75 Å². The molecule has 0 bridgehead atoms. The van der Waals surface area contributed by atoms with E-state index in [1.807, 2.05) is 50.2 Å². The predicted octanol–water partition coefficient (Wildman–Crippen LogP) is 5.06. The Balaban J connectivity index is 1.84. The number of nitrogens with zero attached hydrogens (tertiary/aromatic N) is 2. The molecule has 8 nitrogen and oxygen atoms in total. The van der Waals surface area contributed by atoms with Gasteiger partial charge in [-0.15, -0.1) is 0 Å². The molecule has 0 saturated carbocycles. The molecular weight excluding hydrogens is 562 g/mol. The number of amides is 2. The number of ether oxygens (including phenoxy) is 1. The Morgan fingerprint density at radius 2 is 1.63 bits per heavy atom. The summed E-state index contributed by atoms with van der Waals surface area (Å²) in [5.74, 6) is 0.141. The zero-order valence-corrected chi connectivity index (χ0v) is 25.3. The van der Waals surface area contributed by atoms with Crippen molar-refractivity contribution in [3.63, 3.8) is 0 Å². The summed E-state index contributed by atoms with van der Waals surface area (Å²) in [6, 6.07) is 22.8. The number of carbonyl (C=O) groups is 2. The minimum absolute atomic E-state index is 0.0499. The molecule has 0 heterocycles. The van der Waals surface area contributed by atoms with Gasteiger partial charge in [0.05, 0.1) is 18.6 Å². The van der Waals surface area contributed by atoms with E-state index in [9.17, 15) is 18.0 Å². The molecule has 0 aliphatic carbocycles. The van der Waals surface area contributed by atoms with Crippen LogP contribution in [0.2, 0.25) is 5.02 Å². The molecule has 0 saturated heterocycles. The van der Waals surface area contributed by atoms with Crippen molar-refractivity contribution in [3.05, 3.63) is 95.0 Å². The van der Waals surface area contributed by atoms with Gasteiger partial charge in [0.15, 0.2) is 0 Å². The SMILES string of the molecule is CCNC(=O)[C@@H](Cc1ccccc1)N(Cc1cccc(Cl)c1)C(=O)CCCN(c1ccc(OCC)cc1)S(C)(=O)=O. The molecule has 0 fully saturated rings. The summed E-state index contributed by atoms with van der Waals surface area (Å²) in [5, 5.41) is 3.40. The number of anilines is 1. The van der Waals surface area contributed by atoms with Crippen LogP contribution in [-0.4, -0.2) is 57.1 Å². The van der Waals surface area contributed by atoms with Crippen molar-refractivity contribution < 1.29 is 22.7 Å². The number of hydrogen-bond donors (Lipinski definition) is 1. The second-order valence-electron chi connectivity index (χ2n) is 9.62. The van der Waals surface area contributed by atoms with Crippen molar-refractivity contribution in [2.45, 2.75) is 45.7 Å². The topological polar surface area (TPSA) is 96.0 Å². The fourth-order valence-corrected chi connectivity index (χ4v) is 5.74. The fourth-order valence-electron chi connectivity index (χ4n) is 4.56. The van der Waals surface area contributed by atoms with Gasteiger partial charge in [0, 0.05) is 37.5 Å². The molecule has 3 aromatic carbocycles. The third-order valence-electron chi connectivity index (χ3n) is 6.45. The molecule has 3 rings (SSSR count). The van der Waals surface area contributed by atoms with Crippen LogP contribution in [0.3, 0.4) is 0 Å². The van der Waals surface area contributed by atoms with E-state index in [0.29, 0.717) is 36.0 Å². The molecule has 0 aliphatic heterocycles. The molecule has 1 N–H and O–H groups in total. The minimum Gasteiger partial charge on any atom is -0.494 e. The molecule has 1 atom stereocenters. The normalized spacial score (nSPS) is 11.9. The van der Waals surface area contributed by atoms with Crippen LogP contribution < -0.4 is 14.4 Å². The number of likely N-dealkylation sites (N-methyl/N-ethyl adjacent to an activating group) is 1. The van der Waals surface area contributed by atoms with Crippen molar-refractivity contribution >= 4 is 39.1 Å². The third-order valence-corrected chi connectivity index (χ3v) is 7.88. The van der Waals surface area contributed by atoms with Gasteiger partial charge >= 0.3 is 0 Å². The second kappa shape index (κ2) is 15.4. The quantitative estimate of drug-likeness (QED) is 0.263. The molecule has 220 valence electrons. The molecule has 0 radical (unpaired) electrons. The van der Waals surface area contributed by atoms with Crippen LogP contribution in [0.25, 0.3) is 0 Å². The van der Waals surface area contributed by atoms with Gasteiger partial charge in [-0.2, -0.15) is 0 Å². The van der Waals surface area contributed by atoms with E-state index in [2.05, 4.69) is 5.32 Å². The van der Waals surface area contributed by atoms with Crippen LogP contribution in [0.5, 0.6) is 5.75 Å². The van der Waals surface area contributed by atoms with E-state index in [-0.39, 0.29) is 37.7 Å². The van der Waals surface area contributed by atoms with Gasteiger partial charge in [0.1, 0.15) is 11.8 Å². The smallest absolute Gasteiger partial charge is 0.243 e. The highest BCUT2D eigenvalue weighted by Crippen LogP contribution is 2.23. The summed E-state index contributed by atoms with van der Waals surface area (Å²) in [6.07, 6.45) is 1.79. The van der Waals surface area contributed by atoms with Gasteiger partial charge in [0.2, 0.25) is 21.8 Å². The Morgan fingerprint density at radius 1 is 0.951 bits per heavy atom. The van der Waals surface area contributed by atoms with Crippen molar-refractivity contribution in [2.24, 2.45) is 0 Å². The Labute approximate surface area is 248 Å². The molecule has 0 unspecified atom stereocenters. The lowest BCUT2D eigenvalue weighted by Crippen LogP contribution is -2.50. The first-order valence-electron chi connectivity index (χ1n) is 13.7. The van der Waals surface area contributed by atoms with Gasteiger partial charge in [-0.1, -0.05) is 54.1 Å². The van der Waals surface area contributed by atoms with E-state index in [1.165, 1.54) is 4.31 Å². The number of halogens is 1. The van der Waals surface area contributed by atoms with Gasteiger partial charge in [-0.05, 0) is 67.8 Å². The number of rotatable bonds is 15.